The van der Waals surface area contributed by atoms with Crippen LogP contribution in [0.2, 0.25) is 0 Å². The summed E-state index contributed by atoms with van der Waals surface area (Å²) in [5.74, 6) is 2.60. The van der Waals surface area contributed by atoms with Gasteiger partial charge in [-0.25, -0.2) is 0 Å². The molecule has 2 atom stereocenters. The molecule has 2 aromatic heterocycles. The van der Waals surface area contributed by atoms with E-state index in [9.17, 15) is 4.79 Å². The number of thiophene rings is 1. The molecule has 1 spiro atoms. The van der Waals surface area contributed by atoms with Gasteiger partial charge in [0, 0.05) is 53.3 Å². The second-order valence-corrected chi connectivity index (χ2v) is 13.5. The first-order valence-electron chi connectivity index (χ1n) is 15.2. The Balaban J connectivity index is 1.08. The average molecular weight is 595 g/mol. The first kappa shape index (κ1) is 27.8. The van der Waals surface area contributed by atoms with E-state index in [2.05, 4.69) is 64.7 Å². The molecule has 8 nitrogen and oxygen atoms in total. The molecule has 0 aliphatic carbocycles. The van der Waals surface area contributed by atoms with E-state index in [1.54, 1.807) is 11.3 Å². The number of aryl methyl sites for hydroxylation is 2. The van der Waals surface area contributed by atoms with E-state index in [4.69, 9.17) is 9.73 Å². The highest BCUT2D eigenvalue weighted by molar-refractivity contribution is 7.15. The van der Waals surface area contributed by atoms with Crippen molar-refractivity contribution < 1.29 is 9.53 Å². The van der Waals surface area contributed by atoms with Crippen molar-refractivity contribution in [3.63, 3.8) is 0 Å². The zero-order chi connectivity index (χ0) is 29.7. The number of nitrogens with zero attached hydrogens (tertiary/aromatic N) is 6. The molecule has 2 fully saturated rings. The van der Waals surface area contributed by atoms with Crippen molar-refractivity contribution in [3.8, 4) is 10.8 Å². The molecule has 5 heterocycles. The molecule has 43 heavy (non-hydrogen) atoms. The Labute approximate surface area is 257 Å². The molecule has 2 aromatic carbocycles. The van der Waals surface area contributed by atoms with Crippen LogP contribution in [0.25, 0.3) is 5.00 Å². The van der Waals surface area contributed by atoms with Gasteiger partial charge in [-0.3, -0.25) is 14.4 Å². The number of aliphatic imine (C=N–C) groups is 1. The van der Waals surface area contributed by atoms with E-state index in [1.807, 2.05) is 42.2 Å². The molecule has 3 aliphatic heterocycles. The second kappa shape index (κ2) is 10.9. The van der Waals surface area contributed by atoms with E-state index in [0.29, 0.717) is 0 Å². The number of fused-ring (bicyclic) bond motifs is 3. The van der Waals surface area contributed by atoms with Gasteiger partial charge in [-0.05, 0) is 76.8 Å². The number of piperidine rings is 1. The van der Waals surface area contributed by atoms with Gasteiger partial charge in [0.2, 0.25) is 0 Å². The standard InChI is InChI=1S/C34H38N6O2S/c1-22-24(3)43-33-30(22)31(35-23(2)32-37-36-25(4)40(32)33)26-11-13-27(14-12-26)38-18-16-34(20-38)15-8-17-39(21-34)29(41)19-42-28-9-6-5-7-10-28/h5-7,9-14,23H,8,15-21H2,1-4H3/t23-,34?/m0/s1. The maximum atomic E-state index is 13.1. The van der Waals surface area contributed by atoms with Gasteiger partial charge in [0.1, 0.15) is 22.6 Å². The lowest BCUT2D eigenvalue weighted by atomic mass is 9.79. The molecule has 3 aliphatic rings. The first-order valence-corrected chi connectivity index (χ1v) is 16.0. The van der Waals surface area contributed by atoms with Gasteiger partial charge in [-0.2, -0.15) is 0 Å². The zero-order valence-electron chi connectivity index (χ0n) is 25.3. The van der Waals surface area contributed by atoms with Gasteiger partial charge >= 0.3 is 0 Å². The van der Waals surface area contributed by atoms with Crippen LogP contribution in [0.4, 0.5) is 5.69 Å². The number of carbonyl (C=O) groups is 1. The lowest BCUT2D eigenvalue weighted by Crippen LogP contribution is -2.48. The fourth-order valence-corrected chi connectivity index (χ4v) is 8.19. The third kappa shape index (κ3) is 5.03. The van der Waals surface area contributed by atoms with Crippen LogP contribution >= 0.6 is 11.3 Å². The lowest BCUT2D eigenvalue weighted by Gasteiger charge is -2.40. The molecule has 0 bridgehead atoms. The molecule has 0 radical (unpaired) electrons. The van der Waals surface area contributed by atoms with Gasteiger partial charge in [-0.1, -0.05) is 30.3 Å². The van der Waals surface area contributed by atoms with E-state index in [1.165, 1.54) is 21.7 Å². The van der Waals surface area contributed by atoms with Crippen LogP contribution in [0.1, 0.15) is 65.4 Å². The van der Waals surface area contributed by atoms with Crippen LogP contribution in [0.3, 0.4) is 0 Å². The highest BCUT2D eigenvalue weighted by Gasteiger charge is 2.42. The predicted octanol–water partition coefficient (Wildman–Crippen LogP) is 6.06. The molecule has 222 valence electrons. The van der Waals surface area contributed by atoms with Crippen LogP contribution in [0, 0.1) is 26.2 Å². The monoisotopic (exact) mass is 594 g/mol. The predicted molar refractivity (Wildman–Crippen MR) is 171 cm³/mol. The van der Waals surface area contributed by atoms with Crippen molar-refractivity contribution in [2.24, 2.45) is 10.4 Å². The van der Waals surface area contributed by atoms with Crippen molar-refractivity contribution >= 4 is 28.6 Å². The van der Waals surface area contributed by atoms with Gasteiger partial charge in [0.15, 0.2) is 12.4 Å². The molecule has 1 amide bonds. The average Bonchev–Trinajstić information content (AvgIpc) is 3.67. The fourth-order valence-electron chi connectivity index (χ4n) is 6.97. The third-order valence-corrected chi connectivity index (χ3v) is 10.6. The molecule has 9 heteroatoms. The summed E-state index contributed by atoms with van der Waals surface area (Å²) in [7, 11) is 0. The summed E-state index contributed by atoms with van der Waals surface area (Å²) in [5, 5.41) is 10.0. The molecule has 0 saturated carbocycles. The Morgan fingerprint density at radius 1 is 1.00 bits per heavy atom. The molecule has 1 unspecified atom stereocenters. The number of aromatic nitrogens is 3. The van der Waals surface area contributed by atoms with Crippen LogP contribution in [0.5, 0.6) is 5.75 Å². The molecule has 7 rings (SSSR count). The maximum absolute atomic E-state index is 13.1. The number of anilines is 1. The number of likely N-dealkylation sites (tertiary alicyclic amines) is 1. The van der Waals surface area contributed by atoms with Crippen molar-refractivity contribution in [3.05, 3.63) is 87.8 Å². The number of benzene rings is 2. The largest absolute Gasteiger partial charge is 0.484 e. The number of hydrogen-bond donors (Lipinski definition) is 0. The molecular formula is C34H38N6O2S. The Morgan fingerprint density at radius 2 is 1.79 bits per heavy atom. The van der Waals surface area contributed by atoms with Crippen molar-refractivity contribution in [1.82, 2.24) is 19.7 Å². The second-order valence-electron chi connectivity index (χ2n) is 12.3. The Bertz CT molecular complexity index is 1690. The van der Waals surface area contributed by atoms with E-state index < -0.39 is 0 Å². The fraction of sp³-hybridized carbons (Fsp3) is 0.412. The summed E-state index contributed by atoms with van der Waals surface area (Å²) in [6.45, 7) is 12.2. The number of carbonyl (C=O) groups excluding carboxylic acids is 1. The normalized spacial score (nSPS) is 21.4. The minimum absolute atomic E-state index is 0.0790. The van der Waals surface area contributed by atoms with Crippen molar-refractivity contribution in [2.75, 3.05) is 37.7 Å². The minimum Gasteiger partial charge on any atom is -0.484 e. The van der Waals surface area contributed by atoms with Crippen LogP contribution in [-0.4, -0.2) is 64.1 Å². The quantitative estimate of drug-likeness (QED) is 0.281. The summed E-state index contributed by atoms with van der Waals surface area (Å²) in [6.07, 6.45) is 3.29. The lowest BCUT2D eigenvalue weighted by molar-refractivity contribution is -0.136. The van der Waals surface area contributed by atoms with E-state index >= 15 is 0 Å². The van der Waals surface area contributed by atoms with Gasteiger partial charge in [0.25, 0.3) is 5.91 Å². The third-order valence-electron chi connectivity index (χ3n) is 9.42. The SMILES string of the molecule is Cc1sc2c(c1C)C(c1ccc(N3CCC4(CCCN(C(=O)COc5ccccc5)C4)C3)cc1)=N[C@@H](C)c1nnc(C)n1-2. The minimum atomic E-state index is -0.0938. The smallest absolute Gasteiger partial charge is 0.260 e. The highest BCUT2D eigenvalue weighted by Crippen LogP contribution is 2.42. The Kier molecular flexibility index (Phi) is 7.08. The van der Waals surface area contributed by atoms with E-state index in [-0.39, 0.29) is 24.0 Å². The van der Waals surface area contributed by atoms with Crippen LogP contribution in [-0.2, 0) is 4.79 Å². The number of amides is 1. The number of para-hydroxylation sites is 1. The van der Waals surface area contributed by atoms with Crippen LogP contribution in [0.15, 0.2) is 59.6 Å². The highest BCUT2D eigenvalue weighted by atomic mass is 32.1. The Hall–Kier alpha value is -3.98. The summed E-state index contributed by atoms with van der Waals surface area (Å²) >= 11 is 1.79. The molecular weight excluding hydrogens is 556 g/mol. The van der Waals surface area contributed by atoms with Gasteiger partial charge in [0.05, 0.1) is 5.71 Å². The van der Waals surface area contributed by atoms with Gasteiger partial charge in [-0.15, -0.1) is 21.5 Å². The molecule has 2 saturated heterocycles. The summed E-state index contributed by atoms with van der Waals surface area (Å²) < 4.78 is 7.96. The van der Waals surface area contributed by atoms with E-state index in [0.717, 1.165) is 79.1 Å². The van der Waals surface area contributed by atoms with Crippen LogP contribution < -0.4 is 9.64 Å². The maximum Gasteiger partial charge on any atom is 0.260 e. The summed E-state index contributed by atoms with van der Waals surface area (Å²) in [4.78, 5) is 24.1. The molecule has 0 N–H and O–H groups in total. The van der Waals surface area contributed by atoms with Crippen molar-refractivity contribution in [1.29, 1.82) is 0 Å². The zero-order valence-corrected chi connectivity index (χ0v) is 26.2. The van der Waals surface area contributed by atoms with Gasteiger partial charge < -0.3 is 14.5 Å². The number of rotatable bonds is 5. The number of hydrogen-bond acceptors (Lipinski definition) is 7. The van der Waals surface area contributed by atoms with Crippen molar-refractivity contribution in [2.45, 2.75) is 53.0 Å². The first-order chi connectivity index (χ1) is 20.8. The molecule has 4 aromatic rings. The topological polar surface area (TPSA) is 75.8 Å². The Morgan fingerprint density at radius 3 is 2.58 bits per heavy atom. The summed E-state index contributed by atoms with van der Waals surface area (Å²) in [6, 6.07) is 18.4. The summed E-state index contributed by atoms with van der Waals surface area (Å²) in [5.41, 5.74) is 5.96. The number of ether oxygens (including phenoxy) is 1.